The standard InChI is InChI=1S/C12H15N5OS/c1-8(10-4-3-5-19-10)17(2)11-7-14-9(6-15-11)12(13)16-18/h3-8,18H,1-2H3,(H2,13,16). The van der Waals surface area contributed by atoms with Gasteiger partial charge in [0.05, 0.1) is 18.4 Å². The van der Waals surface area contributed by atoms with Gasteiger partial charge < -0.3 is 15.8 Å². The Kier molecular flexibility index (Phi) is 3.96. The van der Waals surface area contributed by atoms with Crippen LogP contribution in [0.4, 0.5) is 5.82 Å². The lowest BCUT2D eigenvalue weighted by molar-refractivity contribution is 0.318. The fourth-order valence-electron chi connectivity index (χ4n) is 1.61. The van der Waals surface area contributed by atoms with E-state index in [1.807, 2.05) is 23.4 Å². The van der Waals surface area contributed by atoms with Crippen LogP contribution in [0.5, 0.6) is 0 Å². The third-order valence-corrected chi connectivity index (χ3v) is 3.95. The molecular formula is C12H15N5OS. The lowest BCUT2D eigenvalue weighted by atomic mass is 10.2. The molecule has 2 aromatic heterocycles. The van der Waals surface area contributed by atoms with Crippen molar-refractivity contribution in [2.24, 2.45) is 10.9 Å². The number of amidine groups is 1. The molecule has 19 heavy (non-hydrogen) atoms. The molecule has 0 bridgehead atoms. The van der Waals surface area contributed by atoms with Gasteiger partial charge in [0.1, 0.15) is 11.5 Å². The van der Waals surface area contributed by atoms with Crippen molar-refractivity contribution in [1.82, 2.24) is 9.97 Å². The predicted molar refractivity (Wildman–Crippen MR) is 75.7 cm³/mol. The van der Waals surface area contributed by atoms with E-state index in [1.165, 1.54) is 11.1 Å². The van der Waals surface area contributed by atoms with E-state index in [1.54, 1.807) is 17.5 Å². The summed E-state index contributed by atoms with van der Waals surface area (Å²) in [6.07, 6.45) is 3.10. The average Bonchev–Trinajstić information content (AvgIpc) is 2.99. The Labute approximate surface area is 115 Å². The van der Waals surface area contributed by atoms with Crippen LogP contribution >= 0.6 is 11.3 Å². The van der Waals surface area contributed by atoms with Crippen LogP contribution in [0.1, 0.15) is 23.5 Å². The summed E-state index contributed by atoms with van der Waals surface area (Å²) in [7, 11) is 1.96. The first-order valence-electron chi connectivity index (χ1n) is 5.69. The molecule has 1 atom stereocenters. The summed E-state index contributed by atoms with van der Waals surface area (Å²) in [5.41, 5.74) is 5.79. The van der Waals surface area contributed by atoms with E-state index in [2.05, 4.69) is 28.1 Å². The quantitative estimate of drug-likeness (QED) is 0.385. The fraction of sp³-hybridized carbons (Fsp3) is 0.250. The SMILES string of the molecule is CC(c1cccs1)N(C)c1cnc(C(N)=NO)cn1. The van der Waals surface area contributed by atoms with E-state index in [0.29, 0.717) is 5.69 Å². The third-order valence-electron chi connectivity index (χ3n) is 2.91. The zero-order valence-electron chi connectivity index (χ0n) is 10.7. The summed E-state index contributed by atoms with van der Waals surface area (Å²) in [6.45, 7) is 2.10. The van der Waals surface area contributed by atoms with E-state index < -0.39 is 0 Å². The molecule has 3 N–H and O–H groups in total. The summed E-state index contributed by atoms with van der Waals surface area (Å²) < 4.78 is 0. The van der Waals surface area contributed by atoms with Crippen LogP contribution in [0.15, 0.2) is 35.1 Å². The maximum absolute atomic E-state index is 8.57. The summed E-state index contributed by atoms with van der Waals surface area (Å²) in [4.78, 5) is 11.7. The Morgan fingerprint density at radius 1 is 1.47 bits per heavy atom. The van der Waals surface area contributed by atoms with Gasteiger partial charge in [0, 0.05) is 11.9 Å². The number of oxime groups is 1. The van der Waals surface area contributed by atoms with Gasteiger partial charge >= 0.3 is 0 Å². The number of hydrogen-bond acceptors (Lipinski definition) is 6. The number of nitrogens with zero attached hydrogens (tertiary/aromatic N) is 4. The van der Waals surface area contributed by atoms with Crippen molar-refractivity contribution in [3.05, 3.63) is 40.5 Å². The van der Waals surface area contributed by atoms with Crippen LogP contribution in [0.25, 0.3) is 0 Å². The van der Waals surface area contributed by atoms with Crippen LogP contribution in [-0.2, 0) is 0 Å². The molecule has 0 fully saturated rings. The molecule has 0 aliphatic heterocycles. The lowest BCUT2D eigenvalue weighted by Crippen LogP contribution is -2.23. The molecule has 100 valence electrons. The predicted octanol–water partition coefficient (Wildman–Crippen LogP) is 1.83. The highest BCUT2D eigenvalue weighted by molar-refractivity contribution is 7.10. The summed E-state index contributed by atoms with van der Waals surface area (Å²) in [5, 5.41) is 13.5. The molecule has 0 aromatic carbocycles. The van der Waals surface area contributed by atoms with Gasteiger partial charge in [-0.15, -0.1) is 11.3 Å². The first-order valence-corrected chi connectivity index (χ1v) is 6.57. The molecule has 0 saturated carbocycles. The largest absolute Gasteiger partial charge is 0.409 e. The summed E-state index contributed by atoms with van der Waals surface area (Å²) >= 11 is 1.70. The Bertz CT molecular complexity index is 552. The zero-order chi connectivity index (χ0) is 13.8. The second-order valence-corrected chi connectivity index (χ2v) is 5.03. The van der Waals surface area contributed by atoms with Gasteiger partial charge in [0.25, 0.3) is 0 Å². The van der Waals surface area contributed by atoms with Crippen LogP contribution in [0, 0.1) is 0 Å². The van der Waals surface area contributed by atoms with E-state index in [0.717, 1.165) is 5.82 Å². The molecule has 0 amide bonds. The molecule has 0 radical (unpaired) electrons. The van der Waals surface area contributed by atoms with Crippen molar-refractivity contribution in [3.8, 4) is 0 Å². The Balaban J connectivity index is 2.18. The number of hydrogen-bond donors (Lipinski definition) is 2. The lowest BCUT2D eigenvalue weighted by Gasteiger charge is -2.24. The van der Waals surface area contributed by atoms with E-state index in [-0.39, 0.29) is 11.9 Å². The van der Waals surface area contributed by atoms with Gasteiger partial charge in [-0.3, -0.25) is 0 Å². The first kappa shape index (κ1) is 13.3. The number of rotatable bonds is 4. The van der Waals surface area contributed by atoms with Crippen molar-refractivity contribution in [2.75, 3.05) is 11.9 Å². The first-order chi connectivity index (χ1) is 9.13. The molecule has 7 heteroatoms. The highest BCUT2D eigenvalue weighted by Gasteiger charge is 2.14. The van der Waals surface area contributed by atoms with Crippen molar-refractivity contribution in [2.45, 2.75) is 13.0 Å². The number of nitrogens with two attached hydrogens (primary N) is 1. The van der Waals surface area contributed by atoms with Gasteiger partial charge in [-0.1, -0.05) is 11.2 Å². The topological polar surface area (TPSA) is 87.6 Å². The number of aromatic nitrogens is 2. The number of anilines is 1. The van der Waals surface area contributed by atoms with Gasteiger partial charge in [-0.05, 0) is 18.4 Å². The van der Waals surface area contributed by atoms with Crippen LogP contribution in [0.3, 0.4) is 0 Å². The monoisotopic (exact) mass is 277 g/mol. The highest BCUT2D eigenvalue weighted by atomic mass is 32.1. The minimum atomic E-state index is -0.0481. The Morgan fingerprint density at radius 3 is 2.79 bits per heavy atom. The summed E-state index contributed by atoms with van der Waals surface area (Å²) in [5.74, 6) is 0.684. The Morgan fingerprint density at radius 2 is 2.26 bits per heavy atom. The maximum Gasteiger partial charge on any atom is 0.190 e. The molecule has 6 nitrogen and oxygen atoms in total. The highest BCUT2D eigenvalue weighted by Crippen LogP contribution is 2.26. The Hall–Kier alpha value is -2.15. The van der Waals surface area contributed by atoms with E-state index >= 15 is 0 Å². The van der Waals surface area contributed by atoms with Gasteiger partial charge in [-0.2, -0.15) is 0 Å². The van der Waals surface area contributed by atoms with Gasteiger partial charge in [0.2, 0.25) is 0 Å². The minimum Gasteiger partial charge on any atom is -0.409 e. The third kappa shape index (κ3) is 2.82. The van der Waals surface area contributed by atoms with Crippen molar-refractivity contribution < 1.29 is 5.21 Å². The molecular weight excluding hydrogens is 262 g/mol. The van der Waals surface area contributed by atoms with Crippen molar-refractivity contribution in [3.63, 3.8) is 0 Å². The molecule has 0 aliphatic rings. The molecule has 0 aliphatic carbocycles. The average molecular weight is 277 g/mol. The maximum atomic E-state index is 8.57. The van der Waals surface area contributed by atoms with E-state index in [9.17, 15) is 0 Å². The second kappa shape index (κ2) is 5.66. The molecule has 1 unspecified atom stereocenters. The molecule has 2 rings (SSSR count). The fourth-order valence-corrected chi connectivity index (χ4v) is 2.43. The molecule has 2 heterocycles. The summed E-state index contributed by atoms with van der Waals surface area (Å²) in [6, 6.07) is 4.32. The normalized spacial score (nSPS) is 13.3. The van der Waals surface area contributed by atoms with Gasteiger partial charge in [0.15, 0.2) is 5.84 Å². The van der Waals surface area contributed by atoms with Crippen LogP contribution in [0.2, 0.25) is 0 Å². The second-order valence-electron chi connectivity index (χ2n) is 4.05. The van der Waals surface area contributed by atoms with Crippen molar-refractivity contribution >= 4 is 23.0 Å². The van der Waals surface area contributed by atoms with Gasteiger partial charge in [-0.25, -0.2) is 9.97 Å². The molecule has 0 saturated heterocycles. The van der Waals surface area contributed by atoms with Crippen LogP contribution < -0.4 is 10.6 Å². The number of thiophene rings is 1. The minimum absolute atomic E-state index is 0.0481. The van der Waals surface area contributed by atoms with E-state index in [4.69, 9.17) is 10.9 Å². The van der Waals surface area contributed by atoms with Crippen LogP contribution in [-0.4, -0.2) is 28.1 Å². The molecule has 0 spiro atoms. The van der Waals surface area contributed by atoms with Crippen molar-refractivity contribution in [1.29, 1.82) is 0 Å². The smallest absolute Gasteiger partial charge is 0.190 e. The zero-order valence-corrected chi connectivity index (χ0v) is 11.5. The molecule has 2 aromatic rings.